The summed E-state index contributed by atoms with van der Waals surface area (Å²) in [7, 11) is -3.91. The van der Waals surface area contributed by atoms with Gasteiger partial charge in [-0.25, -0.2) is 18.4 Å². The Labute approximate surface area is 174 Å². The van der Waals surface area contributed by atoms with Crippen LogP contribution in [0.5, 0.6) is 5.75 Å². The van der Waals surface area contributed by atoms with Crippen molar-refractivity contribution in [3.63, 3.8) is 0 Å². The van der Waals surface area contributed by atoms with Gasteiger partial charge < -0.3 is 9.72 Å². The van der Waals surface area contributed by atoms with Crippen LogP contribution in [-0.4, -0.2) is 30.0 Å². The molecule has 0 fully saturated rings. The van der Waals surface area contributed by atoms with E-state index >= 15 is 0 Å². The van der Waals surface area contributed by atoms with E-state index in [1.54, 1.807) is 30.3 Å². The lowest BCUT2D eigenvalue weighted by Crippen LogP contribution is -2.13. The second-order valence-electron chi connectivity index (χ2n) is 6.13. The quantitative estimate of drug-likeness (QED) is 0.444. The number of aromatic amines is 1. The monoisotopic (exact) mass is 450 g/mol. The maximum Gasteiger partial charge on any atom is 0.387 e. The third-order valence-corrected chi connectivity index (χ3v) is 5.76. The van der Waals surface area contributed by atoms with Gasteiger partial charge in [-0.15, -0.1) is 0 Å². The van der Waals surface area contributed by atoms with Crippen molar-refractivity contribution >= 4 is 38.3 Å². The van der Waals surface area contributed by atoms with E-state index in [4.69, 9.17) is 11.6 Å². The number of aromatic nitrogens is 3. The summed E-state index contributed by atoms with van der Waals surface area (Å²) in [6, 6.07) is 13.0. The molecular formula is C19H13ClF2N4O3S. The summed E-state index contributed by atoms with van der Waals surface area (Å²) in [4.78, 5) is 11.2. The number of halogens is 3. The Balaban J connectivity index is 1.55. The van der Waals surface area contributed by atoms with Crippen LogP contribution in [-0.2, 0) is 10.0 Å². The Kier molecular flexibility index (Phi) is 5.27. The van der Waals surface area contributed by atoms with Crippen molar-refractivity contribution in [2.45, 2.75) is 11.5 Å². The molecule has 0 amide bonds. The number of sulfonamides is 1. The van der Waals surface area contributed by atoms with E-state index in [0.29, 0.717) is 22.2 Å². The number of nitrogens with one attached hydrogen (secondary N) is 2. The maximum absolute atomic E-state index is 12.5. The Bertz CT molecular complexity index is 1290. The summed E-state index contributed by atoms with van der Waals surface area (Å²) in [5.41, 5.74) is 2.31. The first-order chi connectivity index (χ1) is 14.3. The van der Waals surface area contributed by atoms with E-state index in [-0.39, 0.29) is 10.6 Å². The van der Waals surface area contributed by atoms with E-state index in [1.165, 1.54) is 18.5 Å². The molecule has 2 aromatic carbocycles. The zero-order valence-corrected chi connectivity index (χ0v) is 16.6. The van der Waals surface area contributed by atoms with Crippen molar-refractivity contribution in [2.24, 2.45) is 0 Å². The summed E-state index contributed by atoms with van der Waals surface area (Å²) < 4.78 is 56.1. The lowest BCUT2D eigenvalue weighted by molar-refractivity contribution is -0.0498. The number of ether oxygens (including phenoxy) is 1. The van der Waals surface area contributed by atoms with Crippen LogP contribution in [0.2, 0.25) is 5.15 Å². The molecule has 2 heterocycles. The normalized spacial score (nSPS) is 11.7. The molecule has 4 rings (SSSR count). The second-order valence-corrected chi connectivity index (χ2v) is 8.22. The fourth-order valence-electron chi connectivity index (χ4n) is 2.85. The van der Waals surface area contributed by atoms with Crippen molar-refractivity contribution in [3.8, 4) is 17.0 Å². The number of hydrogen-bond acceptors (Lipinski definition) is 5. The number of nitrogens with zero attached hydrogens (tertiary/aromatic N) is 2. The minimum atomic E-state index is -3.91. The summed E-state index contributed by atoms with van der Waals surface area (Å²) in [5.74, 6) is -0.130. The minimum absolute atomic E-state index is 0.0901. The second kappa shape index (κ2) is 7.88. The van der Waals surface area contributed by atoms with Crippen molar-refractivity contribution in [3.05, 3.63) is 66.1 Å². The predicted octanol–water partition coefficient (Wildman–Crippen LogP) is 4.68. The highest BCUT2D eigenvalue weighted by molar-refractivity contribution is 7.92. The van der Waals surface area contributed by atoms with E-state index in [9.17, 15) is 17.2 Å². The zero-order valence-electron chi connectivity index (χ0n) is 15.0. The van der Waals surface area contributed by atoms with Gasteiger partial charge in [0.1, 0.15) is 22.9 Å². The molecule has 0 unspecified atom stereocenters. The van der Waals surface area contributed by atoms with Gasteiger partial charge in [0.25, 0.3) is 10.0 Å². The van der Waals surface area contributed by atoms with Crippen LogP contribution in [0.25, 0.3) is 22.3 Å². The molecular weight excluding hydrogens is 438 g/mol. The third-order valence-electron chi connectivity index (χ3n) is 4.16. The lowest BCUT2D eigenvalue weighted by Gasteiger charge is -2.10. The van der Waals surface area contributed by atoms with Crippen molar-refractivity contribution in [1.29, 1.82) is 0 Å². The fourth-order valence-corrected chi connectivity index (χ4v) is 4.11. The fraction of sp³-hybridized carbons (Fsp3) is 0.0526. The van der Waals surface area contributed by atoms with E-state index < -0.39 is 16.6 Å². The average Bonchev–Trinajstić information content (AvgIpc) is 3.08. The summed E-state index contributed by atoms with van der Waals surface area (Å²) in [6.07, 6.45) is 1.41. The number of alkyl halides is 2. The molecule has 0 radical (unpaired) electrons. The summed E-state index contributed by atoms with van der Waals surface area (Å²) >= 11 is 5.99. The summed E-state index contributed by atoms with van der Waals surface area (Å²) in [5, 5.41) is 1.17. The topological polar surface area (TPSA) is 97.0 Å². The molecule has 0 atom stereocenters. The van der Waals surface area contributed by atoms with Crippen LogP contribution < -0.4 is 9.46 Å². The number of benzene rings is 2. The van der Waals surface area contributed by atoms with Gasteiger partial charge in [-0.3, -0.25) is 4.72 Å². The first-order valence-corrected chi connectivity index (χ1v) is 10.4. The molecule has 0 saturated heterocycles. The molecule has 0 bridgehead atoms. The zero-order chi connectivity index (χ0) is 21.3. The van der Waals surface area contributed by atoms with Gasteiger partial charge in [0.05, 0.1) is 10.6 Å². The summed E-state index contributed by atoms with van der Waals surface area (Å²) in [6.45, 7) is -2.98. The number of rotatable bonds is 6. The first-order valence-electron chi connectivity index (χ1n) is 8.49. The first kappa shape index (κ1) is 20.0. The maximum atomic E-state index is 12.5. The molecule has 2 aromatic heterocycles. The molecule has 0 aliphatic heterocycles. The number of anilines is 1. The van der Waals surface area contributed by atoms with E-state index in [0.717, 1.165) is 23.1 Å². The molecule has 7 nitrogen and oxygen atoms in total. The molecule has 0 aliphatic carbocycles. The van der Waals surface area contributed by atoms with Crippen LogP contribution >= 0.6 is 11.6 Å². The Morgan fingerprint density at radius 1 is 1.03 bits per heavy atom. The SMILES string of the molecule is O=S(=O)(Nc1ccc(-c2ncnc3[nH]c(Cl)cc23)cc1)c1ccc(OC(F)F)cc1. The van der Waals surface area contributed by atoms with Crippen molar-refractivity contribution in [1.82, 2.24) is 15.0 Å². The predicted molar refractivity (Wildman–Crippen MR) is 108 cm³/mol. The number of H-pyrrole nitrogens is 1. The van der Waals surface area contributed by atoms with Crippen LogP contribution in [0.4, 0.5) is 14.5 Å². The number of fused-ring (bicyclic) bond motifs is 1. The molecule has 0 spiro atoms. The Hall–Kier alpha value is -3.24. The molecule has 2 N–H and O–H groups in total. The van der Waals surface area contributed by atoms with E-state index in [1.807, 2.05) is 0 Å². The van der Waals surface area contributed by atoms with Gasteiger partial charge in [-0.05, 0) is 42.5 Å². The van der Waals surface area contributed by atoms with Crippen molar-refractivity contribution < 1.29 is 21.9 Å². The Morgan fingerprint density at radius 2 is 1.73 bits per heavy atom. The highest BCUT2D eigenvalue weighted by Gasteiger charge is 2.16. The van der Waals surface area contributed by atoms with Gasteiger partial charge in [0.2, 0.25) is 0 Å². The molecule has 154 valence electrons. The van der Waals surface area contributed by atoms with E-state index in [2.05, 4.69) is 24.4 Å². The molecule has 4 aromatic rings. The van der Waals surface area contributed by atoms with Gasteiger partial charge >= 0.3 is 6.61 Å². The highest BCUT2D eigenvalue weighted by Crippen LogP contribution is 2.29. The average molecular weight is 451 g/mol. The minimum Gasteiger partial charge on any atom is -0.435 e. The largest absolute Gasteiger partial charge is 0.435 e. The van der Waals surface area contributed by atoms with Gasteiger partial charge in [0.15, 0.2) is 0 Å². The molecule has 30 heavy (non-hydrogen) atoms. The van der Waals surface area contributed by atoms with Crippen LogP contribution in [0.1, 0.15) is 0 Å². The smallest absolute Gasteiger partial charge is 0.387 e. The number of hydrogen-bond donors (Lipinski definition) is 2. The van der Waals surface area contributed by atoms with Crippen molar-refractivity contribution in [2.75, 3.05) is 4.72 Å². The molecule has 0 saturated carbocycles. The van der Waals surface area contributed by atoms with Gasteiger partial charge in [0, 0.05) is 16.6 Å². The molecule has 11 heteroatoms. The van der Waals surface area contributed by atoms with Crippen LogP contribution in [0.15, 0.2) is 65.8 Å². The standard InChI is InChI=1S/C19H13ClF2N4O3S/c20-16-9-15-17(23-10-24-18(15)25-16)11-1-3-12(4-2-11)26-30(27,28)14-7-5-13(6-8-14)29-19(21)22/h1-10,19,26H,(H,23,24,25). The van der Waals surface area contributed by atoms with Crippen LogP contribution in [0, 0.1) is 0 Å². The van der Waals surface area contributed by atoms with Gasteiger partial charge in [-0.1, -0.05) is 23.7 Å². The Morgan fingerprint density at radius 3 is 2.40 bits per heavy atom. The molecule has 0 aliphatic rings. The van der Waals surface area contributed by atoms with Gasteiger partial charge in [-0.2, -0.15) is 8.78 Å². The lowest BCUT2D eigenvalue weighted by atomic mass is 10.1. The third kappa shape index (κ3) is 4.19. The van der Waals surface area contributed by atoms with Crippen LogP contribution in [0.3, 0.4) is 0 Å². The highest BCUT2D eigenvalue weighted by atomic mass is 35.5.